The van der Waals surface area contributed by atoms with Crippen LogP contribution in [0.2, 0.25) is 0 Å². The summed E-state index contributed by atoms with van der Waals surface area (Å²) in [5, 5.41) is 0. The lowest BCUT2D eigenvalue weighted by molar-refractivity contribution is -0.903. The van der Waals surface area contributed by atoms with E-state index in [0.717, 1.165) is 24.0 Å². The van der Waals surface area contributed by atoms with Gasteiger partial charge in [0.15, 0.2) is 0 Å². The number of hydrogen-bond acceptors (Lipinski definition) is 2. The summed E-state index contributed by atoms with van der Waals surface area (Å²) in [6.07, 6.45) is 0.834. The van der Waals surface area contributed by atoms with Crippen molar-refractivity contribution in [3.05, 3.63) is 35.9 Å². The minimum absolute atomic E-state index is 0.00438. The van der Waals surface area contributed by atoms with E-state index in [1.807, 2.05) is 19.9 Å². The van der Waals surface area contributed by atoms with Gasteiger partial charge < -0.3 is 9.22 Å². The number of quaternary nitrogens is 1. The summed E-state index contributed by atoms with van der Waals surface area (Å²) in [5.74, 6) is -0.0769. The van der Waals surface area contributed by atoms with Crippen LogP contribution >= 0.6 is 0 Å². The molecule has 1 aromatic rings. The number of hydrogen-bond donors (Lipinski definition) is 0. The maximum atomic E-state index is 11.6. The fraction of sp³-hybridized carbons (Fsp3) is 0.562. The largest absolute Gasteiger partial charge is 0.459 e. The Hall–Kier alpha value is -1.35. The maximum Gasteiger partial charge on any atom is 0.308 e. The van der Waals surface area contributed by atoms with Crippen LogP contribution in [0.1, 0.15) is 25.8 Å². The summed E-state index contributed by atoms with van der Waals surface area (Å²) >= 11 is 0. The van der Waals surface area contributed by atoms with Crippen LogP contribution in [0.5, 0.6) is 0 Å². The first-order valence-electron chi connectivity index (χ1n) is 6.97. The highest BCUT2D eigenvalue weighted by Gasteiger charge is 2.18. The Morgan fingerprint density at radius 3 is 2.47 bits per heavy atom. The molecule has 1 rings (SSSR count). The van der Waals surface area contributed by atoms with E-state index >= 15 is 0 Å². The van der Waals surface area contributed by atoms with Crippen LogP contribution in [0.3, 0.4) is 0 Å². The van der Waals surface area contributed by atoms with E-state index in [4.69, 9.17) is 4.74 Å². The zero-order valence-corrected chi connectivity index (χ0v) is 12.6. The van der Waals surface area contributed by atoms with Crippen molar-refractivity contribution in [2.45, 2.75) is 26.8 Å². The topological polar surface area (TPSA) is 26.3 Å². The van der Waals surface area contributed by atoms with Gasteiger partial charge in [-0.25, -0.2) is 0 Å². The third-order valence-electron chi connectivity index (χ3n) is 3.41. The van der Waals surface area contributed by atoms with Gasteiger partial charge in [0.05, 0.1) is 20.0 Å². The Bertz CT molecular complexity index is 387. The van der Waals surface area contributed by atoms with Crippen molar-refractivity contribution in [3.63, 3.8) is 0 Å². The fourth-order valence-corrected chi connectivity index (χ4v) is 1.86. The highest BCUT2D eigenvalue weighted by Crippen LogP contribution is 2.09. The van der Waals surface area contributed by atoms with Gasteiger partial charge in [-0.3, -0.25) is 4.79 Å². The molecule has 0 radical (unpaired) electrons. The normalized spacial score (nSPS) is 13.1. The van der Waals surface area contributed by atoms with Gasteiger partial charge in [0.1, 0.15) is 19.7 Å². The lowest BCUT2D eigenvalue weighted by Crippen LogP contribution is -2.42. The Morgan fingerprint density at radius 2 is 1.89 bits per heavy atom. The number of carbonyl (C=O) groups excluding carboxylic acids is 1. The molecule has 0 aliphatic heterocycles. The van der Waals surface area contributed by atoms with Crippen molar-refractivity contribution < 1.29 is 14.0 Å². The van der Waals surface area contributed by atoms with Crippen LogP contribution in [0, 0.1) is 5.92 Å². The number of esters is 1. The average Bonchev–Trinajstić information content (AvgIpc) is 2.38. The third kappa shape index (κ3) is 5.88. The minimum atomic E-state index is -0.0813. The molecule has 0 heterocycles. The molecule has 1 unspecified atom stereocenters. The first-order chi connectivity index (χ1) is 8.94. The first-order valence-corrected chi connectivity index (χ1v) is 6.97. The van der Waals surface area contributed by atoms with Crippen molar-refractivity contribution in [2.75, 3.05) is 27.2 Å². The molecule has 19 heavy (non-hydrogen) atoms. The van der Waals surface area contributed by atoms with Gasteiger partial charge in [0.2, 0.25) is 0 Å². The Labute approximate surface area is 116 Å². The maximum absolute atomic E-state index is 11.6. The molecule has 0 saturated heterocycles. The smallest absolute Gasteiger partial charge is 0.308 e. The number of carbonyl (C=O) groups is 1. The molecule has 0 fully saturated rings. The van der Waals surface area contributed by atoms with Crippen LogP contribution < -0.4 is 0 Å². The second kappa shape index (κ2) is 7.29. The van der Waals surface area contributed by atoms with Crippen LogP contribution in [-0.2, 0) is 16.1 Å². The Morgan fingerprint density at radius 1 is 1.26 bits per heavy atom. The van der Waals surface area contributed by atoms with Gasteiger partial charge >= 0.3 is 5.97 Å². The number of benzene rings is 1. The molecule has 0 spiro atoms. The molecular weight excluding hydrogens is 238 g/mol. The van der Waals surface area contributed by atoms with Gasteiger partial charge in [0.25, 0.3) is 0 Å². The monoisotopic (exact) mass is 264 g/mol. The van der Waals surface area contributed by atoms with E-state index in [0.29, 0.717) is 6.61 Å². The predicted octanol–water partition coefficient (Wildman–Crippen LogP) is 2.85. The minimum Gasteiger partial charge on any atom is -0.459 e. The Balaban J connectivity index is 2.37. The molecule has 0 bridgehead atoms. The van der Waals surface area contributed by atoms with Crippen LogP contribution in [0.15, 0.2) is 30.3 Å². The molecule has 0 amide bonds. The van der Waals surface area contributed by atoms with Gasteiger partial charge in [0, 0.05) is 5.56 Å². The number of nitrogens with zero attached hydrogens (tertiary/aromatic N) is 1. The average molecular weight is 264 g/mol. The lowest BCUT2D eigenvalue weighted by Gasteiger charge is -2.29. The summed E-state index contributed by atoms with van der Waals surface area (Å²) in [5.41, 5.74) is 1.31. The summed E-state index contributed by atoms with van der Waals surface area (Å²) in [6.45, 7) is 6.18. The van der Waals surface area contributed by atoms with Gasteiger partial charge in [-0.1, -0.05) is 44.2 Å². The van der Waals surface area contributed by atoms with E-state index in [-0.39, 0.29) is 11.9 Å². The molecule has 0 N–H and O–H groups in total. The van der Waals surface area contributed by atoms with Crippen molar-refractivity contribution in [3.8, 4) is 0 Å². The van der Waals surface area contributed by atoms with Crippen molar-refractivity contribution in [2.24, 2.45) is 5.92 Å². The van der Waals surface area contributed by atoms with Crippen molar-refractivity contribution >= 4 is 5.97 Å². The SMILES string of the molecule is CCC(C)C(=O)OCC[N+](C)(C)Cc1ccccc1. The van der Waals surface area contributed by atoms with Crippen molar-refractivity contribution in [1.29, 1.82) is 0 Å². The standard InChI is InChI=1S/C16H26NO2/c1-5-14(2)16(18)19-12-11-17(3,4)13-15-9-7-6-8-10-15/h6-10,14H,5,11-13H2,1-4H3/q+1. The molecule has 0 aliphatic carbocycles. The quantitative estimate of drug-likeness (QED) is 0.559. The molecule has 0 aromatic heterocycles. The lowest BCUT2D eigenvalue weighted by atomic mass is 10.1. The molecular formula is C16H26NO2+. The van der Waals surface area contributed by atoms with Gasteiger partial charge in [-0.15, -0.1) is 0 Å². The molecule has 3 nitrogen and oxygen atoms in total. The van der Waals surface area contributed by atoms with E-state index in [1.54, 1.807) is 0 Å². The van der Waals surface area contributed by atoms with E-state index in [2.05, 4.69) is 38.4 Å². The molecule has 106 valence electrons. The predicted molar refractivity (Wildman–Crippen MR) is 77.5 cm³/mol. The van der Waals surface area contributed by atoms with Crippen molar-refractivity contribution in [1.82, 2.24) is 0 Å². The first kappa shape index (κ1) is 15.7. The molecule has 1 aromatic carbocycles. The van der Waals surface area contributed by atoms with E-state index in [9.17, 15) is 4.79 Å². The van der Waals surface area contributed by atoms with Gasteiger partial charge in [-0.05, 0) is 6.42 Å². The van der Waals surface area contributed by atoms with Crippen LogP contribution in [0.25, 0.3) is 0 Å². The summed E-state index contributed by atoms with van der Waals surface area (Å²) in [7, 11) is 4.31. The number of likely N-dealkylation sites (N-methyl/N-ethyl adjacent to an activating group) is 1. The fourth-order valence-electron chi connectivity index (χ4n) is 1.86. The van der Waals surface area contributed by atoms with Crippen LogP contribution in [-0.4, -0.2) is 37.7 Å². The second-order valence-electron chi connectivity index (χ2n) is 5.78. The van der Waals surface area contributed by atoms with E-state index in [1.165, 1.54) is 5.56 Å². The van der Waals surface area contributed by atoms with Gasteiger partial charge in [-0.2, -0.15) is 0 Å². The van der Waals surface area contributed by atoms with Crippen LogP contribution in [0.4, 0.5) is 0 Å². The number of rotatable bonds is 7. The molecule has 1 atom stereocenters. The molecule has 0 saturated carbocycles. The second-order valence-corrected chi connectivity index (χ2v) is 5.78. The number of ether oxygens (including phenoxy) is 1. The van der Waals surface area contributed by atoms with E-state index < -0.39 is 0 Å². The zero-order valence-electron chi connectivity index (χ0n) is 12.6. The highest BCUT2D eigenvalue weighted by molar-refractivity contribution is 5.71. The molecule has 3 heteroatoms. The summed E-state index contributed by atoms with van der Waals surface area (Å²) < 4.78 is 6.13. The zero-order chi connectivity index (χ0) is 14.3. The summed E-state index contributed by atoms with van der Waals surface area (Å²) in [6, 6.07) is 10.4. The Kier molecular flexibility index (Phi) is 6.03. The summed E-state index contributed by atoms with van der Waals surface area (Å²) in [4.78, 5) is 11.6. The third-order valence-corrected chi connectivity index (χ3v) is 3.41. The molecule has 0 aliphatic rings. The highest BCUT2D eigenvalue weighted by atomic mass is 16.5.